The molecule has 7 nitrogen and oxygen atoms in total. The van der Waals surface area contributed by atoms with Crippen molar-refractivity contribution >= 4 is 16.8 Å². The number of nitrogens with zero attached hydrogens (tertiary/aromatic N) is 4. The summed E-state index contributed by atoms with van der Waals surface area (Å²) in [5.74, 6) is 0.393. The second-order valence-corrected chi connectivity index (χ2v) is 7.35. The van der Waals surface area contributed by atoms with Gasteiger partial charge in [0, 0.05) is 31.1 Å². The molecule has 0 bridgehead atoms. The Morgan fingerprint density at radius 3 is 3.04 bits per heavy atom. The molecule has 4 rings (SSSR count). The van der Waals surface area contributed by atoms with E-state index in [9.17, 15) is 4.79 Å². The van der Waals surface area contributed by atoms with E-state index in [0.29, 0.717) is 12.5 Å². The van der Waals surface area contributed by atoms with Gasteiger partial charge in [-0.3, -0.25) is 14.2 Å². The molecular formula is C20H26N6O. The van der Waals surface area contributed by atoms with Crippen molar-refractivity contribution < 1.29 is 4.79 Å². The van der Waals surface area contributed by atoms with Gasteiger partial charge in [0.1, 0.15) is 6.54 Å². The molecule has 1 amide bonds. The highest BCUT2D eigenvalue weighted by atomic mass is 16.2. The highest BCUT2D eigenvalue weighted by Gasteiger charge is 2.18. The fourth-order valence-corrected chi connectivity index (χ4v) is 3.76. The molecule has 3 aromatic rings. The van der Waals surface area contributed by atoms with E-state index in [1.807, 2.05) is 24.0 Å². The number of hydrogen-bond acceptors (Lipinski definition) is 4. The minimum absolute atomic E-state index is 0.0575. The molecule has 2 aromatic heterocycles. The maximum absolute atomic E-state index is 12.4. The van der Waals surface area contributed by atoms with Gasteiger partial charge in [-0.25, -0.2) is 0 Å². The molecular weight excluding hydrogens is 340 g/mol. The van der Waals surface area contributed by atoms with E-state index in [1.165, 1.54) is 12.0 Å². The molecule has 0 saturated carbocycles. The Labute approximate surface area is 158 Å². The summed E-state index contributed by atoms with van der Waals surface area (Å²) in [6.07, 6.45) is 4.22. The van der Waals surface area contributed by atoms with Gasteiger partial charge in [0.2, 0.25) is 5.91 Å². The number of hydrogen-bond donors (Lipinski definition) is 2. The van der Waals surface area contributed by atoms with Crippen molar-refractivity contribution in [1.82, 2.24) is 30.2 Å². The topological polar surface area (TPSA) is 76.8 Å². The quantitative estimate of drug-likeness (QED) is 0.723. The highest BCUT2D eigenvalue weighted by Crippen LogP contribution is 2.21. The number of benzene rings is 1. The minimum atomic E-state index is -0.0575. The number of nitrogens with one attached hydrogen (secondary N) is 2. The van der Waals surface area contributed by atoms with Gasteiger partial charge in [-0.2, -0.15) is 10.2 Å². The molecule has 2 N–H and O–H groups in total. The van der Waals surface area contributed by atoms with E-state index in [0.717, 1.165) is 41.8 Å². The lowest BCUT2D eigenvalue weighted by molar-refractivity contribution is -0.122. The zero-order chi connectivity index (χ0) is 18.8. The molecule has 1 saturated heterocycles. The van der Waals surface area contributed by atoms with Crippen LogP contribution in [-0.2, 0) is 24.9 Å². The molecule has 1 atom stereocenters. The number of rotatable bonds is 5. The lowest BCUT2D eigenvalue weighted by atomic mass is 9.97. The van der Waals surface area contributed by atoms with Crippen LogP contribution < -0.4 is 10.6 Å². The van der Waals surface area contributed by atoms with E-state index in [-0.39, 0.29) is 12.5 Å². The van der Waals surface area contributed by atoms with Gasteiger partial charge in [-0.15, -0.1) is 0 Å². The number of piperidine rings is 1. The Hall–Kier alpha value is -2.67. The molecule has 1 aromatic carbocycles. The van der Waals surface area contributed by atoms with E-state index in [1.54, 1.807) is 4.68 Å². The average Bonchev–Trinajstić information content (AvgIpc) is 3.25. The van der Waals surface area contributed by atoms with E-state index >= 15 is 0 Å². The molecule has 0 spiro atoms. The first kappa shape index (κ1) is 17.7. The second kappa shape index (κ2) is 7.52. The molecule has 1 fully saturated rings. The van der Waals surface area contributed by atoms with Crippen LogP contribution in [-0.4, -0.2) is 38.6 Å². The lowest BCUT2D eigenvalue weighted by Gasteiger charge is -2.20. The number of aromatic nitrogens is 4. The molecule has 142 valence electrons. The van der Waals surface area contributed by atoms with Gasteiger partial charge in [0.05, 0.1) is 23.4 Å². The van der Waals surface area contributed by atoms with Crippen LogP contribution in [0.1, 0.15) is 35.7 Å². The van der Waals surface area contributed by atoms with Crippen molar-refractivity contribution in [3.8, 4) is 0 Å². The fourth-order valence-electron chi connectivity index (χ4n) is 3.76. The standard InChI is InChI=1S/C20H26N6O/c1-14-5-6-19-16(10-14)18(23-25(19)2)12-22-20(27)13-26-9-7-17(24-26)15-4-3-8-21-11-15/h5-7,9-10,15,21H,3-4,8,11-13H2,1-2H3,(H,22,27)/t15-/m0/s1. The third-order valence-electron chi connectivity index (χ3n) is 5.22. The number of aryl methyl sites for hydroxylation is 2. The van der Waals surface area contributed by atoms with Crippen LogP contribution in [0.2, 0.25) is 0 Å². The van der Waals surface area contributed by atoms with Crippen LogP contribution in [0.15, 0.2) is 30.5 Å². The monoisotopic (exact) mass is 366 g/mol. The SMILES string of the molecule is Cc1ccc2c(c1)c(CNC(=O)Cn1ccc([C@H]3CCCNC3)n1)nn2C. The van der Waals surface area contributed by atoms with E-state index in [4.69, 9.17) is 0 Å². The van der Waals surface area contributed by atoms with Crippen molar-refractivity contribution in [3.63, 3.8) is 0 Å². The summed E-state index contributed by atoms with van der Waals surface area (Å²) in [6.45, 7) is 4.76. The van der Waals surface area contributed by atoms with Crippen LogP contribution in [0.4, 0.5) is 0 Å². The maximum Gasteiger partial charge on any atom is 0.242 e. The van der Waals surface area contributed by atoms with Gasteiger partial charge in [0.15, 0.2) is 0 Å². The molecule has 27 heavy (non-hydrogen) atoms. The summed E-state index contributed by atoms with van der Waals surface area (Å²) in [5.41, 5.74) is 4.21. The van der Waals surface area contributed by atoms with E-state index in [2.05, 4.69) is 46.0 Å². The minimum Gasteiger partial charge on any atom is -0.349 e. The largest absolute Gasteiger partial charge is 0.349 e. The zero-order valence-electron chi connectivity index (χ0n) is 15.9. The Bertz CT molecular complexity index is 951. The van der Waals surface area contributed by atoms with Crippen LogP contribution in [0.5, 0.6) is 0 Å². The van der Waals surface area contributed by atoms with Gasteiger partial charge in [0.25, 0.3) is 0 Å². The Kier molecular flexibility index (Phi) is 4.94. The van der Waals surface area contributed by atoms with Gasteiger partial charge < -0.3 is 10.6 Å². The van der Waals surface area contributed by atoms with Crippen molar-refractivity contribution in [2.45, 2.75) is 38.8 Å². The smallest absolute Gasteiger partial charge is 0.242 e. The summed E-state index contributed by atoms with van der Waals surface area (Å²) >= 11 is 0. The van der Waals surface area contributed by atoms with Crippen LogP contribution in [0, 0.1) is 6.92 Å². The molecule has 1 aliphatic rings. The molecule has 0 radical (unpaired) electrons. The third-order valence-corrected chi connectivity index (χ3v) is 5.22. The summed E-state index contributed by atoms with van der Waals surface area (Å²) in [4.78, 5) is 12.4. The zero-order valence-corrected chi connectivity index (χ0v) is 15.9. The van der Waals surface area contributed by atoms with Crippen molar-refractivity contribution in [1.29, 1.82) is 0 Å². The molecule has 0 aliphatic carbocycles. The van der Waals surface area contributed by atoms with Crippen LogP contribution >= 0.6 is 0 Å². The number of amides is 1. The van der Waals surface area contributed by atoms with E-state index < -0.39 is 0 Å². The Morgan fingerprint density at radius 1 is 1.33 bits per heavy atom. The van der Waals surface area contributed by atoms with Gasteiger partial charge in [-0.1, -0.05) is 11.6 Å². The predicted molar refractivity (Wildman–Crippen MR) is 104 cm³/mol. The second-order valence-electron chi connectivity index (χ2n) is 7.35. The first-order valence-electron chi connectivity index (χ1n) is 9.53. The average molecular weight is 366 g/mol. The van der Waals surface area contributed by atoms with Gasteiger partial charge in [-0.05, 0) is 44.5 Å². The molecule has 3 heterocycles. The highest BCUT2D eigenvalue weighted by molar-refractivity contribution is 5.83. The number of fused-ring (bicyclic) bond motifs is 1. The molecule has 1 aliphatic heterocycles. The summed E-state index contributed by atoms with van der Waals surface area (Å²) < 4.78 is 3.58. The van der Waals surface area contributed by atoms with Crippen LogP contribution in [0.3, 0.4) is 0 Å². The Morgan fingerprint density at radius 2 is 2.22 bits per heavy atom. The number of carbonyl (C=O) groups excluding carboxylic acids is 1. The first-order chi connectivity index (χ1) is 13.1. The summed E-state index contributed by atoms with van der Waals surface area (Å²) in [6, 6.07) is 8.28. The first-order valence-corrected chi connectivity index (χ1v) is 9.53. The molecule has 7 heteroatoms. The van der Waals surface area contributed by atoms with Crippen LogP contribution in [0.25, 0.3) is 10.9 Å². The summed E-state index contributed by atoms with van der Waals surface area (Å²) in [5, 5.41) is 16.6. The van der Waals surface area contributed by atoms with Crippen molar-refractivity contribution in [2.24, 2.45) is 7.05 Å². The fraction of sp³-hybridized carbons (Fsp3) is 0.450. The van der Waals surface area contributed by atoms with Crippen molar-refractivity contribution in [3.05, 3.63) is 47.4 Å². The maximum atomic E-state index is 12.4. The lowest BCUT2D eigenvalue weighted by Crippen LogP contribution is -2.29. The molecule has 0 unspecified atom stereocenters. The normalized spacial score (nSPS) is 17.3. The Balaban J connectivity index is 1.38. The number of carbonyl (C=O) groups is 1. The third kappa shape index (κ3) is 3.88. The van der Waals surface area contributed by atoms with Crippen molar-refractivity contribution in [2.75, 3.05) is 13.1 Å². The summed E-state index contributed by atoms with van der Waals surface area (Å²) in [7, 11) is 1.92. The van der Waals surface area contributed by atoms with Gasteiger partial charge >= 0.3 is 0 Å². The predicted octanol–water partition coefficient (Wildman–Crippen LogP) is 1.86.